The van der Waals surface area contributed by atoms with Crippen LogP contribution in [0.15, 0.2) is 11.4 Å². The SMILES string of the molecule is CCSc1ncnc2nc(Cl)[nH]c12. The van der Waals surface area contributed by atoms with Crippen LogP contribution in [0.5, 0.6) is 0 Å². The number of halogens is 1. The highest BCUT2D eigenvalue weighted by Gasteiger charge is 2.07. The number of H-pyrrole nitrogens is 1. The van der Waals surface area contributed by atoms with E-state index in [1.165, 1.54) is 6.33 Å². The lowest BCUT2D eigenvalue weighted by Gasteiger charge is -1.96. The molecule has 0 spiro atoms. The van der Waals surface area contributed by atoms with Crippen molar-refractivity contribution in [3.8, 4) is 0 Å². The lowest BCUT2D eigenvalue weighted by atomic mass is 10.6. The summed E-state index contributed by atoms with van der Waals surface area (Å²) in [7, 11) is 0. The average molecular weight is 215 g/mol. The number of hydrogen-bond donors (Lipinski definition) is 1. The van der Waals surface area contributed by atoms with Crippen LogP contribution in [0.2, 0.25) is 5.28 Å². The minimum absolute atomic E-state index is 0.355. The molecule has 68 valence electrons. The van der Waals surface area contributed by atoms with E-state index in [9.17, 15) is 0 Å². The molecule has 0 bridgehead atoms. The Kier molecular flexibility index (Phi) is 2.37. The van der Waals surface area contributed by atoms with Crippen molar-refractivity contribution in [2.45, 2.75) is 11.9 Å². The molecule has 1 N–H and O–H groups in total. The van der Waals surface area contributed by atoms with Crippen molar-refractivity contribution >= 4 is 34.5 Å². The highest BCUT2D eigenvalue weighted by atomic mass is 35.5. The van der Waals surface area contributed by atoms with Gasteiger partial charge in [-0.1, -0.05) is 6.92 Å². The molecular formula is C7H7ClN4S. The van der Waals surface area contributed by atoms with Crippen LogP contribution in [-0.2, 0) is 0 Å². The van der Waals surface area contributed by atoms with Crippen LogP contribution in [0.3, 0.4) is 0 Å². The van der Waals surface area contributed by atoms with Crippen molar-refractivity contribution in [3.05, 3.63) is 11.6 Å². The molecular weight excluding hydrogens is 208 g/mol. The Morgan fingerprint density at radius 1 is 1.54 bits per heavy atom. The monoisotopic (exact) mass is 214 g/mol. The number of nitrogens with one attached hydrogen (secondary N) is 1. The number of hydrogen-bond acceptors (Lipinski definition) is 4. The lowest BCUT2D eigenvalue weighted by Crippen LogP contribution is -1.85. The molecule has 0 radical (unpaired) electrons. The van der Waals surface area contributed by atoms with Gasteiger partial charge in [0.15, 0.2) is 5.65 Å². The van der Waals surface area contributed by atoms with E-state index in [1.807, 2.05) is 0 Å². The van der Waals surface area contributed by atoms with Gasteiger partial charge in [-0.05, 0) is 17.4 Å². The Balaban J connectivity index is 2.60. The summed E-state index contributed by atoms with van der Waals surface area (Å²) >= 11 is 7.35. The van der Waals surface area contributed by atoms with Gasteiger partial charge in [-0.2, -0.15) is 4.98 Å². The summed E-state index contributed by atoms with van der Waals surface area (Å²) < 4.78 is 0. The van der Waals surface area contributed by atoms with Gasteiger partial charge in [-0.25, -0.2) is 9.97 Å². The maximum Gasteiger partial charge on any atom is 0.202 e. The standard InChI is InChI=1S/C7H7ClN4S/c1-2-13-6-4-5(9-3-10-6)12-7(8)11-4/h3H,2H2,1H3,(H,9,10,11,12). The predicted octanol–water partition coefficient (Wildman–Crippen LogP) is 2.12. The number of thioether (sulfide) groups is 1. The van der Waals surface area contributed by atoms with Crippen LogP contribution in [0.1, 0.15) is 6.92 Å². The number of rotatable bonds is 2. The zero-order chi connectivity index (χ0) is 9.26. The van der Waals surface area contributed by atoms with Gasteiger partial charge in [-0.3, -0.25) is 0 Å². The van der Waals surface area contributed by atoms with E-state index in [2.05, 4.69) is 26.9 Å². The smallest absolute Gasteiger partial charge is 0.202 e. The second kappa shape index (κ2) is 3.51. The van der Waals surface area contributed by atoms with E-state index in [4.69, 9.17) is 11.6 Å². The first-order valence-corrected chi connectivity index (χ1v) is 5.16. The Hall–Kier alpha value is -0.810. The number of aromatic nitrogens is 4. The van der Waals surface area contributed by atoms with Gasteiger partial charge >= 0.3 is 0 Å². The first-order valence-electron chi connectivity index (χ1n) is 3.80. The minimum Gasteiger partial charge on any atom is -0.325 e. The quantitative estimate of drug-likeness (QED) is 0.473. The Bertz CT molecular complexity index is 427. The molecule has 0 amide bonds. The van der Waals surface area contributed by atoms with Crippen LogP contribution in [0, 0.1) is 0 Å². The number of imidazole rings is 1. The molecule has 0 atom stereocenters. The second-order valence-corrected chi connectivity index (χ2v) is 3.95. The van der Waals surface area contributed by atoms with Gasteiger partial charge in [0, 0.05) is 0 Å². The summed E-state index contributed by atoms with van der Waals surface area (Å²) in [6.07, 6.45) is 1.50. The largest absolute Gasteiger partial charge is 0.325 e. The molecule has 0 aromatic carbocycles. The van der Waals surface area contributed by atoms with Crippen LogP contribution >= 0.6 is 23.4 Å². The minimum atomic E-state index is 0.355. The van der Waals surface area contributed by atoms with Crippen LogP contribution in [0.4, 0.5) is 0 Å². The molecule has 0 unspecified atom stereocenters. The fourth-order valence-corrected chi connectivity index (χ4v) is 1.88. The Morgan fingerprint density at radius 3 is 3.15 bits per heavy atom. The molecule has 6 heteroatoms. The highest BCUT2D eigenvalue weighted by Crippen LogP contribution is 2.23. The van der Waals surface area contributed by atoms with Crippen molar-refractivity contribution in [1.82, 2.24) is 19.9 Å². The first-order chi connectivity index (χ1) is 6.31. The predicted molar refractivity (Wildman–Crippen MR) is 53.1 cm³/mol. The van der Waals surface area contributed by atoms with Crippen LogP contribution in [-0.4, -0.2) is 25.7 Å². The normalized spacial score (nSPS) is 10.9. The molecule has 0 aliphatic rings. The molecule has 0 saturated heterocycles. The van der Waals surface area contributed by atoms with Gasteiger partial charge in [0.2, 0.25) is 5.28 Å². The van der Waals surface area contributed by atoms with E-state index >= 15 is 0 Å². The van der Waals surface area contributed by atoms with Gasteiger partial charge in [0.05, 0.1) is 0 Å². The van der Waals surface area contributed by atoms with E-state index in [0.717, 1.165) is 16.3 Å². The maximum absolute atomic E-state index is 5.71. The summed E-state index contributed by atoms with van der Waals surface area (Å²) in [6, 6.07) is 0. The molecule has 2 heterocycles. The first kappa shape index (κ1) is 8.77. The topological polar surface area (TPSA) is 54.5 Å². The van der Waals surface area contributed by atoms with Crippen molar-refractivity contribution in [2.75, 3.05) is 5.75 Å². The summed E-state index contributed by atoms with van der Waals surface area (Å²) in [5.41, 5.74) is 1.44. The summed E-state index contributed by atoms with van der Waals surface area (Å²) in [4.78, 5) is 15.0. The maximum atomic E-state index is 5.71. The number of fused-ring (bicyclic) bond motifs is 1. The Morgan fingerprint density at radius 2 is 2.38 bits per heavy atom. The molecule has 0 saturated carbocycles. The average Bonchev–Trinajstić information content (AvgIpc) is 2.47. The molecule has 0 aliphatic carbocycles. The molecule has 0 fully saturated rings. The summed E-state index contributed by atoms with van der Waals surface area (Å²) in [5.74, 6) is 0.961. The van der Waals surface area contributed by atoms with Crippen LogP contribution in [0.25, 0.3) is 11.2 Å². The van der Waals surface area contributed by atoms with E-state index < -0.39 is 0 Å². The van der Waals surface area contributed by atoms with Crippen molar-refractivity contribution < 1.29 is 0 Å². The number of aromatic amines is 1. The molecule has 2 rings (SSSR count). The summed E-state index contributed by atoms with van der Waals surface area (Å²) in [5, 5.41) is 1.25. The van der Waals surface area contributed by atoms with E-state index in [-0.39, 0.29) is 0 Å². The van der Waals surface area contributed by atoms with Crippen molar-refractivity contribution in [3.63, 3.8) is 0 Å². The third-order valence-electron chi connectivity index (χ3n) is 1.51. The molecule has 4 nitrogen and oxygen atoms in total. The third kappa shape index (κ3) is 1.62. The lowest BCUT2D eigenvalue weighted by molar-refractivity contribution is 1.09. The zero-order valence-electron chi connectivity index (χ0n) is 6.91. The second-order valence-electron chi connectivity index (χ2n) is 2.34. The van der Waals surface area contributed by atoms with E-state index in [0.29, 0.717) is 10.9 Å². The molecule has 2 aromatic heterocycles. The molecule has 0 aliphatic heterocycles. The fraction of sp³-hybridized carbons (Fsp3) is 0.286. The van der Waals surface area contributed by atoms with Crippen molar-refractivity contribution in [2.24, 2.45) is 0 Å². The highest BCUT2D eigenvalue weighted by molar-refractivity contribution is 7.99. The number of nitrogens with zero attached hydrogens (tertiary/aromatic N) is 3. The Labute approximate surface area is 84.1 Å². The van der Waals surface area contributed by atoms with Crippen LogP contribution < -0.4 is 0 Å². The van der Waals surface area contributed by atoms with Gasteiger partial charge in [0.25, 0.3) is 0 Å². The molecule has 13 heavy (non-hydrogen) atoms. The fourth-order valence-electron chi connectivity index (χ4n) is 1.03. The van der Waals surface area contributed by atoms with E-state index in [1.54, 1.807) is 11.8 Å². The van der Waals surface area contributed by atoms with Gasteiger partial charge in [-0.15, -0.1) is 11.8 Å². The third-order valence-corrected chi connectivity index (χ3v) is 2.56. The summed E-state index contributed by atoms with van der Waals surface area (Å²) in [6.45, 7) is 2.07. The molecule has 2 aromatic rings. The van der Waals surface area contributed by atoms with Gasteiger partial charge < -0.3 is 4.98 Å². The zero-order valence-corrected chi connectivity index (χ0v) is 8.48. The van der Waals surface area contributed by atoms with Gasteiger partial charge in [0.1, 0.15) is 16.9 Å². The van der Waals surface area contributed by atoms with Crippen molar-refractivity contribution in [1.29, 1.82) is 0 Å².